The Morgan fingerprint density at radius 3 is 2.59 bits per heavy atom. The number of ether oxygens (including phenoxy) is 3. The highest BCUT2D eigenvalue weighted by atomic mass is 16.7. The summed E-state index contributed by atoms with van der Waals surface area (Å²) in [6, 6.07) is 11.9. The molecule has 2 N–H and O–H groups in total. The van der Waals surface area contributed by atoms with Gasteiger partial charge in [0.25, 0.3) is 0 Å². The van der Waals surface area contributed by atoms with Gasteiger partial charge in [-0.15, -0.1) is 0 Å². The van der Waals surface area contributed by atoms with E-state index in [4.69, 9.17) is 14.2 Å². The summed E-state index contributed by atoms with van der Waals surface area (Å²) in [4.78, 5) is 0. The van der Waals surface area contributed by atoms with E-state index in [2.05, 4.69) is 5.32 Å². The number of methoxy groups -OCH3 is 1. The summed E-state index contributed by atoms with van der Waals surface area (Å²) >= 11 is 0. The van der Waals surface area contributed by atoms with Crippen molar-refractivity contribution in [2.45, 2.75) is 19.4 Å². The predicted molar refractivity (Wildman–Crippen MR) is 102 cm³/mol. The second-order valence-corrected chi connectivity index (χ2v) is 6.69. The lowest BCUT2D eigenvalue weighted by Crippen LogP contribution is -2.13. The predicted octanol–water partition coefficient (Wildman–Crippen LogP) is 4.19. The molecule has 0 amide bonds. The number of nitrogens with zero attached hydrogens (tertiary/aromatic N) is 1. The molecule has 0 radical (unpaired) electrons. The summed E-state index contributed by atoms with van der Waals surface area (Å²) in [6.45, 7) is 2.93. The Hall–Kier alpha value is -3.28. The Kier molecular flexibility index (Phi) is 3.47. The molecule has 5 rings (SSSR count). The Balaban J connectivity index is 1.73. The molecule has 1 unspecified atom stereocenters. The largest absolute Gasteiger partial charge is 0.497 e. The third-order valence-corrected chi connectivity index (χ3v) is 5.29. The standard InChI is InChI=1S/C21H20N2O4/c1-3-23-10-16-20(21(23)24)19(12-4-6-13(25-2)7-5-12)14-8-17-18(27-11-26-17)9-15(14)22-16/h4-10,19,22,24H,3,11H2,1-2H3. The molecule has 6 heteroatoms. The molecule has 0 spiro atoms. The molecule has 27 heavy (non-hydrogen) atoms. The van der Waals surface area contributed by atoms with E-state index < -0.39 is 0 Å². The fourth-order valence-electron chi connectivity index (χ4n) is 3.93. The maximum absolute atomic E-state index is 10.9. The molecule has 6 nitrogen and oxygen atoms in total. The number of hydrogen-bond acceptors (Lipinski definition) is 5. The first-order chi connectivity index (χ1) is 13.2. The average molecular weight is 364 g/mol. The molecule has 0 fully saturated rings. The van der Waals surface area contributed by atoms with Crippen molar-refractivity contribution in [3.8, 4) is 23.1 Å². The molecular formula is C21H20N2O4. The quantitative estimate of drug-likeness (QED) is 0.571. The van der Waals surface area contributed by atoms with Crippen LogP contribution in [-0.2, 0) is 6.54 Å². The van der Waals surface area contributed by atoms with Gasteiger partial charge in [0.1, 0.15) is 5.75 Å². The Bertz CT molecular complexity index is 1020. The van der Waals surface area contributed by atoms with Crippen LogP contribution in [0.5, 0.6) is 23.1 Å². The van der Waals surface area contributed by atoms with Crippen LogP contribution in [0.1, 0.15) is 29.5 Å². The molecule has 1 aromatic heterocycles. The minimum Gasteiger partial charge on any atom is -0.497 e. The molecule has 2 aliphatic rings. The van der Waals surface area contributed by atoms with Crippen LogP contribution in [0.15, 0.2) is 42.6 Å². The van der Waals surface area contributed by atoms with Crippen molar-refractivity contribution in [3.05, 3.63) is 59.3 Å². The summed E-state index contributed by atoms with van der Waals surface area (Å²) < 4.78 is 18.3. The number of anilines is 2. The number of nitrogens with one attached hydrogen (secondary N) is 1. The zero-order chi connectivity index (χ0) is 18.5. The van der Waals surface area contributed by atoms with Gasteiger partial charge in [-0.1, -0.05) is 12.1 Å². The molecule has 3 heterocycles. The van der Waals surface area contributed by atoms with E-state index in [1.54, 1.807) is 7.11 Å². The Labute approximate surface area is 156 Å². The van der Waals surface area contributed by atoms with Crippen LogP contribution in [0.4, 0.5) is 11.4 Å². The maximum atomic E-state index is 10.9. The number of rotatable bonds is 3. The molecule has 0 saturated carbocycles. The molecule has 0 bridgehead atoms. The Morgan fingerprint density at radius 1 is 1.15 bits per heavy atom. The average Bonchev–Trinajstić information content (AvgIpc) is 3.28. The maximum Gasteiger partial charge on any atom is 0.231 e. The molecule has 0 saturated heterocycles. The van der Waals surface area contributed by atoms with Crippen LogP contribution >= 0.6 is 0 Å². The summed E-state index contributed by atoms with van der Waals surface area (Å²) in [5.41, 5.74) is 4.85. The summed E-state index contributed by atoms with van der Waals surface area (Å²) in [5.74, 6) is 2.42. The summed E-state index contributed by atoms with van der Waals surface area (Å²) in [5, 5.41) is 14.3. The summed E-state index contributed by atoms with van der Waals surface area (Å²) in [6.07, 6.45) is 1.95. The third-order valence-electron chi connectivity index (χ3n) is 5.29. The number of fused-ring (bicyclic) bond motifs is 3. The van der Waals surface area contributed by atoms with Crippen molar-refractivity contribution in [2.75, 3.05) is 19.2 Å². The second-order valence-electron chi connectivity index (χ2n) is 6.69. The first kappa shape index (κ1) is 15.9. The van der Waals surface area contributed by atoms with Crippen molar-refractivity contribution in [1.29, 1.82) is 0 Å². The zero-order valence-electron chi connectivity index (χ0n) is 15.2. The fraction of sp³-hybridized carbons (Fsp3) is 0.238. The van der Waals surface area contributed by atoms with Gasteiger partial charge in [-0.2, -0.15) is 0 Å². The number of benzene rings is 2. The molecule has 0 aliphatic carbocycles. The minimum absolute atomic E-state index is 0.121. The van der Waals surface area contributed by atoms with E-state index in [9.17, 15) is 5.11 Å². The number of hydrogen-bond donors (Lipinski definition) is 2. The van der Waals surface area contributed by atoms with Crippen LogP contribution in [0.2, 0.25) is 0 Å². The van der Waals surface area contributed by atoms with Gasteiger partial charge in [-0.3, -0.25) is 0 Å². The van der Waals surface area contributed by atoms with E-state index in [1.807, 2.05) is 54.1 Å². The van der Waals surface area contributed by atoms with Gasteiger partial charge >= 0.3 is 0 Å². The summed E-state index contributed by atoms with van der Waals surface area (Å²) in [7, 11) is 1.65. The molecule has 1 atom stereocenters. The molecule has 3 aromatic rings. The topological polar surface area (TPSA) is 64.9 Å². The van der Waals surface area contributed by atoms with Crippen LogP contribution in [0.3, 0.4) is 0 Å². The van der Waals surface area contributed by atoms with Gasteiger partial charge < -0.3 is 29.2 Å². The Morgan fingerprint density at radius 2 is 1.89 bits per heavy atom. The molecule has 2 aliphatic heterocycles. The lowest BCUT2D eigenvalue weighted by molar-refractivity contribution is 0.174. The van der Waals surface area contributed by atoms with Crippen LogP contribution in [0, 0.1) is 0 Å². The molecule has 138 valence electrons. The lowest BCUT2D eigenvalue weighted by atomic mass is 9.82. The smallest absolute Gasteiger partial charge is 0.231 e. The molecular weight excluding hydrogens is 344 g/mol. The highest BCUT2D eigenvalue weighted by Gasteiger charge is 2.34. The van der Waals surface area contributed by atoms with E-state index in [0.29, 0.717) is 6.54 Å². The first-order valence-corrected chi connectivity index (χ1v) is 8.96. The van der Waals surface area contributed by atoms with Crippen LogP contribution < -0.4 is 19.5 Å². The van der Waals surface area contributed by atoms with Gasteiger partial charge in [0, 0.05) is 36.0 Å². The van der Waals surface area contributed by atoms with E-state index in [1.165, 1.54) is 0 Å². The van der Waals surface area contributed by atoms with Gasteiger partial charge in [0.15, 0.2) is 17.4 Å². The van der Waals surface area contributed by atoms with Crippen molar-refractivity contribution in [1.82, 2.24) is 4.57 Å². The number of aromatic hydroxyl groups is 1. The second kappa shape index (κ2) is 5.87. The number of aryl methyl sites for hydroxylation is 1. The molecule has 2 aromatic carbocycles. The zero-order valence-corrected chi connectivity index (χ0v) is 15.2. The minimum atomic E-state index is -0.121. The lowest BCUT2D eigenvalue weighted by Gasteiger charge is -2.28. The van der Waals surface area contributed by atoms with Crippen molar-refractivity contribution >= 4 is 11.4 Å². The first-order valence-electron chi connectivity index (χ1n) is 8.96. The van der Waals surface area contributed by atoms with Crippen LogP contribution in [-0.4, -0.2) is 23.6 Å². The SMILES string of the molecule is CCn1cc2c(c1O)C(c1ccc(OC)cc1)c1cc3c(cc1N2)OCO3. The van der Waals surface area contributed by atoms with Gasteiger partial charge in [0.05, 0.1) is 12.8 Å². The highest BCUT2D eigenvalue weighted by molar-refractivity contribution is 5.80. The van der Waals surface area contributed by atoms with Crippen LogP contribution in [0.25, 0.3) is 0 Å². The normalized spacial score (nSPS) is 16.4. The van der Waals surface area contributed by atoms with Gasteiger partial charge in [-0.25, -0.2) is 0 Å². The van der Waals surface area contributed by atoms with Crippen molar-refractivity contribution in [2.24, 2.45) is 0 Å². The monoisotopic (exact) mass is 364 g/mol. The highest BCUT2D eigenvalue weighted by Crippen LogP contribution is 2.52. The van der Waals surface area contributed by atoms with E-state index in [0.717, 1.165) is 45.3 Å². The van der Waals surface area contributed by atoms with Crippen molar-refractivity contribution in [3.63, 3.8) is 0 Å². The number of aromatic nitrogens is 1. The third kappa shape index (κ3) is 2.33. The van der Waals surface area contributed by atoms with Crippen molar-refractivity contribution < 1.29 is 19.3 Å². The van der Waals surface area contributed by atoms with Gasteiger partial charge in [-0.05, 0) is 36.2 Å². The van der Waals surface area contributed by atoms with E-state index in [-0.39, 0.29) is 18.6 Å². The van der Waals surface area contributed by atoms with E-state index >= 15 is 0 Å². The fourth-order valence-corrected chi connectivity index (χ4v) is 3.93. The van der Waals surface area contributed by atoms with Gasteiger partial charge in [0.2, 0.25) is 6.79 Å².